The molecule has 1 aromatic heterocycles. The summed E-state index contributed by atoms with van der Waals surface area (Å²) in [7, 11) is 0. The van der Waals surface area contributed by atoms with E-state index < -0.39 is 28.8 Å². The highest BCUT2D eigenvalue weighted by Crippen LogP contribution is 2.26. The largest absolute Gasteiger partial charge is 0.502 e. The lowest BCUT2D eigenvalue weighted by Crippen LogP contribution is -2.57. The number of carbonyl (C=O) groups excluding carboxylic acids is 2. The molecule has 9 heteroatoms. The van der Waals surface area contributed by atoms with Crippen molar-refractivity contribution in [3.8, 4) is 5.75 Å². The summed E-state index contributed by atoms with van der Waals surface area (Å²) in [4.78, 5) is 39.9. The molecule has 3 heterocycles. The van der Waals surface area contributed by atoms with Crippen molar-refractivity contribution in [3.63, 3.8) is 0 Å². The van der Waals surface area contributed by atoms with Crippen LogP contribution in [0.15, 0.2) is 41.3 Å². The number of aromatic hydroxyl groups is 1. The van der Waals surface area contributed by atoms with Gasteiger partial charge >= 0.3 is 0 Å². The normalized spacial score (nSPS) is 19.8. The molecule has 0 saturated heterocycles. The first-order valence-corrected chi connectivity index (χ1v) is 9.97. The molecule has 2 bridgehead atoms. The Morgan fingerprint density at radius 2 is 1.94 bits per heavy atom. The van der Waals surface area contributed by atoms with Gasteiger partial charge < -0.3 is 15.3 Å². The number of amides is 2. The van der Waals surface area contributed by atoms with Gasteiger partial charge in [0.25, 0.3) is 11.8 Å². The number of hydrogen-bond acceptors (Lipinski definition) is 5. The number of carbonyl (C=O) groups is 2. The highest BCUT2D eigenvalue weighted by Gasteiger charge is 2.38. The van der Waals surface area contributed by atoms with Crippen molar-refractivity contribution in [2.75, 3.05) is 11.7 Å². The van der Waals surface area contributed by atoms with Crippen LogP contribution in [0.5, 0.6) is 5.75 Å². The van der Waals surface area contributed by atoms with Gasteiger partial charge in [0.15, 0.2) is 11.4 Å². The molecule has 0 saturated carbocycles. The highest BCUT2D eigenvalue weighted by molar-refractivity contribution is 5.99. The maximum absolute atomic E-state index is 14.1. The minimum atomic E-state index is -0.948. The Balaban J connectivity index is 1.70. The third-order valence-electron chi connectivity index (χ3n) is 5.72. The second-order valence-corrected chi connectivity index (χ2v) is 7.91. The third-order valence-corrected chi connectivity index (χ3v) is 5.72. The minimum absolute atomic E-state index is 0.125. The van der Waals surface area contributed by atoms with E-state index in [1.807, 2.05) is 26.0 Å². The first kappa shape index (κ1) is 20.6. The van der Waals surface area contributed by atoms with Gasteiger partial charge in [0.05, 0.1) is 6.04 Å². The quantitative estimate of drug-likeness (QED) is 0.728. The number of halogens is 1. The number of fused-ring (bicyclic) bond motifs is 4. The summed E-state index contributed by atoms with van der Waals surface area (Å²) >= 11 is 0. The average Bonchev–Trinajstić information content (AvgIpc) is 2.85. The van der Waals surface area contributed by atoms with Crippen molar-refractivity contribution < 1.29 is 19.1 Å². The van der Waals surface area contributed by atoms with Crippen molar-refractivity contribution in [2.24, 2.45) is 0 Å². The molecule has 0 fully saturated rings. The third kappa shape index (κ3) is 3.45. The Morgan fingerprint density at radius 3 is 2.65 bits per heavy atom. The second kappa shape index (κ2) is 7.57. The molecule has 2 aliphatic rings. The van der Waals surface area contributed by atoms with Gasteiger partial charge in [-0.05, 0) is 32.4 Å². The van der Waals surface area contributed by atoms with Crippen LogP contribution >= 0.6 is 0 Å². The van der Waals surface area contributed by atoms with Gasteiger partial charge in [-0.1, -0.05) is 24.3 Å². The van der Waals surface area contributed by atoms with Crippen molar-refractivity contribution in [2.45, 2.75) is 39.4 Å². The monoisotopic (exact) mass is 426 g/mol. The van der Waals surface area contributed by atoms with Crippen LogP contribution in [0.2, 0.25) is 0 Å². The molecule has 8 nitrogen and oxygen atoms in total. The summed E-state index contributed by atoms with van der Waals surface area (Å²) < 4.78 is 15.4. The highest BCUT2D eigenvalue weighted by atomic mass is 19.1. The molecule has 0 spiro atoms. The summed E-state index contributed by atoms with van der Waals surface area (Å²) in [6.45, 7) is 5.62. The molecule has 1 aromatic carbocycles. The molecule has 162 valence electrons. The predicted octanol–water partition coefficient (Wildman–Crippen LogP) is 1.63. The van der Waals surface area contributed by atoms with Crippen LogP contribution < -0.4 is 15.8 Å². The van der Waals surface area contributed by atoms with Crippen LogP contribution in [-0.2, 0) is 6.54 Å². The fourth-order valence-corrected chi connectivity index (χ4v) is 3.81. The first-order chi connectivity index (χ1) is 14.7. The van der Waals surface area contributed by atoms with Crippen LogP contribution in [-0.4, -0.2) is 45.2 Å². The summed E-state index contributed by atoms with van der Waals surface area (Å²) in [5.41, 5.74) is -0.439. The second-order valence-electron chi connectivity index (χ2n) is 7.91. The maximum atomic E-state index is 14.1. The lowest BCUT2D eigenvalue weighted by molar-refractivity contribution is 0.0652. The van der Waals surface area contributed by atoms with E-state index in [0.717, 1.165) is 5.56 Å². The van der Waals surface area contributed by atoms with E-state index in [1.165, 1.54) is 21.8 Å². The van der Waals surface area contributed by atoms with Crippen molar-refractivity contribution >= 4 is 11.8 Å². The molecule has 2 N–H and O–H groups in total. The van der Waals surface area contributed by atoms with Crippen LogP contribution in [0.1, 0.15) is 45.8 Å². The number of hydrogen-bond donors (Lipinski definition) is 2. The van der Waals surface area contributed by atoms with E-state index in [-0.39, 0.29) is 42.1 Å². The summed E-state index contributed by atoms with van der Waals surface area (Å²) in [5.74, 6) is -2.51. The van der Waals surface area contributed by atoms with E-state index in [2.05, 4.69) is 5.32 Å². The summed E-state index contributed by atoms with van der Waals surface area (Å²) in [6, 6.07) is 4.26. The first-order valence-electron chi connectivity index (χ1n) is 9.97. The van der Waals surface area contributed by atoms with Crippen LogP contribution in [0.4, 0.5) is 4.39 Å². The number of pyridine rings is 1. The van der Waals surface area contributed by atoms with Gasteiger partial charge in [0.2, 0.25) is 5.43 Å². The Bertz CT molecular complexity index is 1170. The minimum Gasteiger partial charge on any atom is -0.502 e. The van der Waals surface area contributed by atoms with Crippen LogP contribution in [0.3, 0.4) is 0 Å². The summed E-state index contributed by atoms with van der Waals surface area (Å²) in [5, 5.41) is 14.8. The molecular formula is C22H23FN4O4. The number of benzene rings is 1. The maximum Gasteiger partial charge on any atom is 0.278 e. The van der Waals surface area contributed by atoms with E-state index in [4.69, 9.17) is 0 Å². The number of nitrogens with one attached hydrogen (secondary N) is 1. The van der Waals surface area contributed by atoms with Gasteiger partial charge in [-0.25, -0.2) is 4.39 Å². The van der Waals surface area contributed by atoms with Crippen molar-refractivity contribution in [3.05, 3.63) is 75.0 Å². The van der Waals surface area contributed by atoms with Gasteiger partial charge in [-0.2, -0.15) is 0 Å². The molecule has 2 amide bonds. The summed E-state index contributed by atoms with van der Waals surface area (Å²) in [6.07, 6.45) is 5.06. The Morgan fingerprint density at radius 1 is 1.23 bits per heavy atom. The Hall–Kier alpha value is -3.62. The van der Waals surface area contributed by atoms with Crippen molar-refractivity contribution in [1.82, 2.24) is 14.9 Å². The van der Waals surface area contributed by atoms with Gasteiger partial charge in [0.1, 0.15) is 18.0 Å². The van der Waals surface area contributed by atoms with E-state index in [1.54, 1.807) is 24.1 Å². The molecule has 4 rings (SSSR count). The molecule has 2 aliphatic heterocycles. The van der Waals surface area contributed by atoms with E-state index in [9.17, 15) is 23.9 Å². The van der Waals surface area contributed by atoms with Crippen LogP contribution in [0.25, 0.3) is 0 Å². The lowest BCUT2D eigenvalue weighted by atomic mass is 10.1. The fourth-order valence-electron chi connectivity index (χ4n) is 3.81. The van der Waals surface area contributed by atoms with E-state index >= 15 is 0 Å². The fraction of sp³-hybridized carbons (Fsp3) is 0.318. The zero-order valence-corrected chi connectivity index (χ0v) is 17.4. The SMILES string of the molecule is Cc1ccc(CNC(=O)c2cn3c(c(O)c2=O)C(=O)N2CN3[C@@H](C)C=C[C@@H]2C)c(F)c1. The van der Waals surface area contributed by atoms with Crippen LogP contribution in [0, 0.1) is 12.7 Å². The number of aromatic nitrogens is 1. The zero-order chi connectivity index (χ0) is 22.4. The van der Waals surface area contributed by atoms with Crippen molar-refractivity contribution in [1.29, 1.82) is 0 Å². The number of nitrogens with zero attached hydrogens (tertiary/aromatic N) is 3. The van der Waals surface area contributed by atoms with Gasteiger partial charge in [-0.3, -0.25) is 24.1 Å². The predicted molar refractivity (Wildman–Crippen MR) is 112 cm³/mol. The Kier molecular flexibility index (Phi) is 5.04. The average molecular weight is 426 g/mol. The molecule has 2 aromatic rings. The van der Waals surface area contributed by atoms with Gasteiger partial charge in [-0.15, -0.1) is 0 Å². The molecular weight excluding hydrogens is 403 g/mol. The number of rotatable bonds is 3. The molecule has 31 heavy (non-hydrogen) atoms. The zero-order valence-electron chi connectivity index (χ0n) is 17.4. The van der Waals surface area contributed by atoms with E-state index in [0.29, 0.717) is 0 Å². The molecule has 2 atom stereocenters. The van der Waals surface area contributed by atoms with Gasteiger partial charge in [0, 0.05) is 24.3 Å². The lowest BCUT2D eigenvalue weighted by Gasteiger charge is -2.41. The number of aryl methyl sites for hydroxylation is 1. The smallest absolute Gasteiger partial charge is 0.278 e. The molecule has 0 radical (unpaired) electrons. The Labute approximate surface area is 178 Å². The molecule has 0 aliphatic carbocycles. The standard InChI is InChI=1S/C22H23FN4O4/c1-12-4-7-15(17(23)8-12)9-24-21(30)16-10-26-18(20(29)19(16)28)22(31)25-11-27(26)14(3)6-5-13(25)2/h4-8,10,13-14,29H,9,11H2,1-3H3,(H,24,30)/t13-,14-/m0/s1. The topological polar surface area (TPSA) is 94.9 Å². The molecule has 0 unspecified atom stereocenters.